The van der Waals surface area contributed by atoms with E-state index in [0.29, 0.717) is 12.8 Å². The summed E-state index contributed by atoms with van der Waals surface area (Å²) in [7, 11) is 0. The standard InChI is InChI=1S/C15H26O4/c1-14(2,3)13(18)19-10-15(4)11(16)8-6-5-7-9-12(15)17/h11,16H,5-10H2,1-4H3/t11-,15-/m0/s1. The van der Waals surface area contributed by atoms with Gasteiger partial charge in [0.25, 0.3) is 0 Å². The summed E-state index contributed by atoms with van der Waals surface area (Å²) in [6, 6.07) is 0. The van der Waals surface area contributed by atoms with Crippen LogP contribution in [0.4, 0.5) is 0 Å². The molecule has 1 saturated carbocycles. The quantitative estimate of drug-likeness (QED) is 0.783. The molecule has 110 valence electrons. The van der Waals surface area contributed by atoms with Crippen LogP contribution in [0.5, 0.6) is 0 Å². The fourth-order valence-electron chi connectivity index (χ4n) is 2.20. The van der Waals surface area contributed by atoms with Crippen LogP contribution in [0, 0.1) is 10.8 Å². The second-order valence-corrected chi connectivity index (χ2v) is 6.78. The van der Waals surface area contributed by atoms with E-state index in [1.54, 1.807) is 27.7 Å². The molecule has 0 aliphatic heterocycles. The summed E-state index contributed by atoms with van der Waals surface area (Å²) in [6.07, 6.45) is 3.07. The van der Waals surface area contributed by atoms with Crippen molar-refractivity contribution < 1.29 is 19.4 Å². The zero-order valence-electron chi connectivity index (χ0n) is 12.5. The van der Waals surface area contributed by atoms with Crippen LogP contribution in [0.2, 0.25) is 0 Å². The van der Waals surface area contributed by atoms with Crippen LogP contribution >= 0.6 is 0 Å². The average Bonchev–Trinajstić information content (AvgIpc) is 2.31. The van der Waals surface area contributed by atoms with E-state index >= 15 is 0 Å². The van der Waals surface area contributed by atoms with Gasteiger partial charge in [0.15, 0.2) is 0 Å². The first-order chi connectivity index (χ1) is 8.68. The van der Waals surface area contributed by atoms with Crippen LogP contribution in [0.1, 0.15) is 59.8 Å². The van der Waals surface area contributed by atoms with E-state index in [2.05, 4.69) is 0 Å². The van der Waals surface area contributed by atoms with Crippen molar-refractivity contribution in [2.75, 3.05) is 6.61 Å². The lowest BCUT2D eigenvalue weighted by Gasteiger charge is -2.35. The minimum atomic E-state index is -0.957. The minimum absolute atomic E-state index is 0.00130. The van der Waals surface area contributed by atoms with Crippen molar-refractivity contribution in [3.8, 4) is 0 Å². The number of ketones is 1. The second-order valence-electron chi connectivity index (χ2n) is 6.78. The Bertz CT molecular complexity index is 343. The monoisotopic (exact) mass is 270 g/mol. The lowest BCUT2D eigenvalue weighted by Crippen LogP contribution is -2.45. The lowest BCUT2D eigenvalue weighted by atomic mass is 9.75. The Morgan fingerprint density at radius 1 is 1.37 bits per heavy atom. The molecule has 0 aromatic carbocycles. The molecule has 0 amide bonds. The number of carbonyl (C=O) groups is 2. The summed E-state index contributed by atoms with van der Waals surface area (Å²) in [5.74, 6) is -0.336. The van der Waals surface area contributed by atoms with Gasteiger partial charge in [-0.05, 0) is 40.5 Å². The zero-order valence-corrected chi connectivity index (χ0v) is 12.5. The molecule has 0 radical (unpaired) electrons. The molecule has 0 heterocycles. The zero-order chi connectivity index (χ0) is 14.7. The van der Waals surface area contributed by atoms with E-state index in [4.69, 9.17) is 4.74 Å². The molecule has 0 bridgehead atoms. The maximum Gasteiger partial charge on any atom is 0.311 e. The van der Waals surface area contributed by atoms with Crippen LogP contribution in [0.25, 0.3) is 0 Å². The van der Waals surface area contributed by atoms with Crippen LogP contribution in [0.3, 0.4) is 0 Å². The maximum atomic E-state index is 12.2. The Balaban J connectivity index is 2.74. The Labute approximate surface area is 115 Å². The number of hydrogen-bond acceptors (Lipinski definition) is 4. The van der Waals surface area contributed by atoms with Crippen molar-refractivity contribution in [3.63, 3.8) is 0 Å². The van der Waals surface area contributed by atoms with E-state index < -0.39 is 16.9 Å². The van der Waals surface area contributed by atoms with Crippen molar-refractivity contribution >= 4 is 11.8 Å². The van der Waals surface area contributed by atoms with Gasteiger partial charge in [-0.2, -0.15) is 0 Å². The van der Waals surface area contributed by atoms with Crippen LogP contribution < -0.4 is 0 Å². The molecule has 4 heteroatoms. The van der Waals surface area contributed by atoms with Gasteiger partial charge in [-0.1, -0.05) is 12.8 Å². The number of Topliss-reactive ketones (excluding diaryl/α,β-unsaturated/α-hetero) is 1. The van der Waals surface area contributed by atoms with E-state index in [0.717, 1.165) is 19.3 Å². The van der Waals surface area contributed by atoms with Crippen molar-refractivity contribution in [2.45, 2.75) is 65.9 Å². The van der Waals surface area contributed by atoms with Gasteiger partial charge < -0.3 is 9.84 Å². The lowest BCUT2D eigenvalue weighted by molar-refractivity contribution is -0.162. The molecule has 4 nitrogen and oxygen atoms in total. The predicted molar refractivity (Wildman–Crippen MR) is 72.6 cm³/mol. The molecule has 1 rings (SSSR count). The van der Waals surface area contributed by atoms with Gasteiger partial charge in [0.2, 0.25) is 0 Å². The SMILES string of the molecule is CC(C)(C)C(=O)OC[C@]1(C)C(=O)CCCCC[C@@H]1O. The topological polar surface area (TPSA) is 63.6 Å². The summed E-state index contributed by atoms with van der Waals surface area (Å²) >= 11 is 0. The van der Waals surface area contributed by atoms with Gasteiger partial charge in [-0.15, -0.1) is 0 Å². The smallest absolute Gasteiger partial charge is 0.311 e. The van der Waals surface area contributed by atoms with E-state index in [1.165, 1.54) is 0 Å². The van der Waals surface area contributed by atoms with Crippen LogP contribution in [-0.4, -0.2) is 29.6 Å². The third-order valence-electron chi connectivity index (χ3n) is 3.87. The molecular formula is C15H26O4. The number of aliphatic hydroxyl groups excluding tert-OH is 1. The van der Waals surface area contributed by atoms with Crippen LogP contribution in [-0.2, 0) is 14.3 Å². The molecule has 19 heavy (non-hydrogen) atoms. The first-order valence-electron chi connectivity index (χ1n) is 7.06. The first kappa shape index (κ1) is 16.2. The Hall–Kier alpha value is -0.900. The van der Waals surface area contributed by atoms with Crippen LogP contribution in [0.15, 0.2) is 0 Å². The Kier molecular flexibility index (Phi) is 5.13. The van der Waals surface area contributed by atoms with Gasteiger partial charge >= 0.3 is 5.97 Å². The number of ether oxygens (including phenoxy) is 1. The minimum Gasteiger partial charge on any atom is -0.464 e. The predicted octanol–water partition coefficient (Wildman–Crippen LogP) is 2.48. The fourth-order valence-corrected chi connectivity index (χ4v) is 2.20. The van der Waals surface area contributed by atoms with Gasteiger partial charge in [0.05, 0.1) is 16.9 Å². The van der Waals surface area contributed by atoms with Crippen molar-refractivity contribution in [2.24, 2.45) is 10.8 Å². The highest BCUT2D eigenvalue weighted by Gasteiger charge is 2.42. The maximum absolute atomic E-state index is 12.2. The number of carbonyl (C=O) groups excluding carboxylic acids is 2. The van der Waals surface area contributed by atoms with Gasteiger partial charge in [-0.25, -0.2) is 0 Å². The highest BCUT2D eigenvalue weighted by atomic mass is 16.5. The summed E-state index contributed by atoms with van der Waals surface area (Å²) in [5.41, 5.74) is -1.55. The highest BCUT2D eigenvalue weighted by molar-refractivity contribution is 5.86. The molecular weight excluding hydrogens is 244 g/mol. The Morgan fingerprint density at radius 2 is 2.00 bits per heavy atom. The first-order valence-corrected chi connectivity index (χ1v) is 7.06. The molecule has 0 aromatic heterocycles. The highest BCUT2D eigenvalue weighted by Crippen LogP contribution is 2.32. The number of aliphatic hydroxyl groups is 1. The number of esters is 1. The number of hydrogen-bond donors (Lipinski definition) is 1. The number of rotatable bonds is 2. The molecule has 0 aromatic rings. The third-order valence-corrected chi connectivity index (χ3v) is 3.87. The summed E-state index contributed by atoms with van der Waals surface area (Å²) in [6.45, 7) is 7.00. The van der Waals surface area contributed by atoms with Crippen molar-refractivity contribution in [1.82, 2.24) is 0 Å². The van der Waals surface area contributed by atoms with Gasteiger partial charge in [0, 0.05) is 6.42 Å². The van der Waals surface area contributed by atoms with Gasteiger partial charge in [0.1, 0.15) is 12.4 Å². The average molecular weight is 270 g/mol. The fraction of sp³-hybridized carbons (Fsp3) is 0.867. The summed E-state index contributed by atoms with van der Waals surface area (Å²) < 4.78 is 5.27. The molecule has 0 spiro atoms. The molecule has 1 fully saturated rings. The largest absolute Gasteiger partial charge is 0.464 e. The van der Waals surface area contributed by atoms with E-state index in [-0.39, 0.29) is 18.4 Å². The molecule has 1 aliphatic carbocycles. The molecule has 2 atom stereocenters. The van der Waals surface area contributed by atoms with E-state index in [1.807, 2.05) is 0 Å². The molecule has 0 unspecified atom stereocenters. The third kappa shape index (κ3) is 4.03. The summed E-state index contributed by atoms with van der Waals surface area (Å²) in [5, 5.41) is 10.2. The van der Waals surface area contributed by atoms with Crippen molar-refractivity contribution in [3.05, 3.63) is 0 Å². The normalized spacial score (nSPS) is 29.5. The summed E-state index contributed by atoms with van der Waals surface area (Å²) in [4.78, 5) is 24.0. The molecule has 0 saturated heterocycles. The second kappa shape index (κ2) is 6.04. The van der Waals surface area contributed by atoms with Crippen molar-refractivity contribution in [1.29, 1.82) is 0 Å². The molecule has 1 aliphatic rings. The molecule has 1 N–H and O–H groups in total. The Morgan fingerprint density at radius 3 is 2.58 bits per heavy atom. The van der Waals surface area contributed by atoms with Gasteiger partial charge in [-0.3, -0.25) is 9.59 Å². The van der Waals surface area contributed by atoms with E-state index in [9.17, 15) is 14.7 Å².